The van der Waals surface area contributed by atoms with Gasteiger partial charge in [-0.15, -0.1) is 5.10 Å². The number of amides is 1. The second-order valence-electron chi connectivity index (χ2n) is 6.30. The van der Waals surface area contributed by atoms with Crippen LogP contribution in [0.3, 0.4) is 0 Å². The van der Waals surface area contributed by atoms with Gasteiger partial charge < -0.3 is 10.2 Å². The zero-order valence-electron chi connectivity index (χ0n) is 15.1. The molecule has 1 aromatic heterocycles. The van der Waals surface area contributed by atoms with E-state index in [-0.39, 0.29) is 18.5 Å². The minimum atomic E-state index is 0.0217. The molecule has 0 bridgehead atoms. The summed E-state index contributed by atoms with van der Waals surface area (Å²) in [6.07, 6.45) is 1.55. The van der Waals surface area contributed by atoms with Crippen molar-refractivity contribution in [1.82, 2.24) is 20.2 Å². The van der Waals surface area contributed by atoms with Crippen LogP contribution in [0.5, 0.6) is 0 Å². The number of hydrogen-bond donors (Lipinski definition) is 1. The molecule has 0 radical (unpaired) electrons. The van der Waals surface area contributed by atoms with E-state index < -0.39 is 0 Å². The van der Waals surface area contributed by atoms with E-state index in [1.54, 1.807) is 15.9 Å². The van der Waals surface area contributed by atoms with Gasteiger partial charge in [0.2, 0.25) is 5.91 Å². The number of nitrogens with one attached hydrogen (secondary N) is 1. The smallest absolute Gasteiger partial charge is 0.246 e. The van der Waals surface area contributed by atoms with Crippen molar-refractivity contribution in [3.05, 3.63) is 60.4 Å². The van der Waals surface area contributed by atoms with Gasteiger partial charge in [0.05, 0.1) is 12.2 Å². The summed E-state index contributed by atoms with van der Waals surface area (Å²) in [6.45, 7) is 6.22. The molecule has 7 heteroatoms. The van der Waals surface area contributed by atoms with Crippen molar-refractivity contribution in [2.24, 2.45) is 0 Å². The predicted molar refractivity (Wildman–Crippen MR) is 101 cm³/mol. The third kappa shape index (κ3) is 3.88. The van der Waals surface area contributed by atoms with Gasteiger partial charge >= 0.3 is 0 Å². The van der Waals surface area contributed by atoms with Crippen molar-refractivity contribution >= 4 is 17.3 Å². The number of carbonyl (C=O) groups excluding carboxylic acids is 1. The van der Waals surface area contributed by atoms with Gasteiger partial charge in [-0.05, 0) is 67.1 Å². The van der Waals surface area contributed by atoms with Crippen LogP contribution < -0.4 is 10.2 Å². The fourth-order valence-electron chi connectivity index (χ4n) is 2.88. The lowest BCUT2D eigenvalue weighted by molar-refractivity contribution is -0.117. The van der Waals surface area contributed by atoms with Crippen LogP contribution in [0.2, 0.25) is 0 Å². The molecule has 3 aromatic rings. The fourth-order valence-corrected chi connectivity index (χ4v) is 2.88. The Bertz CT molecular complexity index is 861. The van der Waals surface area contributed by atoms with E-state index in [9.17, 15) is 4.79 Å². The Labute approximate surface area is 152 Å². The first-order valence-corrected chi connectivity index (χ1v) is 8.51. The van der Waals surface area contributed by atoms with Crippen molar-refractivity contribution in [3.8, 4) is 5.69 Å². The number of tetrazole rings is 1. The third-order valence-electron chi connectivity index (χ3n) is 4.06. The Balaban J connectivity index is 1.70. The van der Waals surface area contributed by atoms with E-state index in [4.69, 9.17) is 0 Å². The van der Waals surface area contributed by atoms with Gasteiger partial charge in [0.15, 0.2) is 0 Å². The number of aromatic nitrogens is 4. The average molecular weight is 350 g/mol. The van der Waals surface area contributed by atoms with E-state index in [2.05, 4.69) is 20.8 Å². The number of carbonyl (C=O) groups is 1. The summed E-state index contributed by atoms with van der Waals surface area (Å²) in [5.74, 6) is 0.0217. The molecule has 2 aromatic carbocycles. The summed E-state index contributed by atoms with van der Waals surface area (Å²) >= 11 is 0. The maximum absolute atomic E-state index is 12.7. The fraction of sp³-hybridized carbons (Fsp3) is 0.263. The highest BCUT2D eigenvalue weighted by atomic mass is 16.2. The number of rotatable bonds is 6. The van der Waals surface area contributed by atoms with Gasteiger partial charge in [-0.2, -0.15) is 0 Å². The monoisotopic (exact) mass is 350 g/mol. The second kappa shape index (κ2) is 7.77. The number of anilines is 2. The van der Waals surface area contributed by atoms with Crippen LogP contribution in [0.25, 0.3) is 5.69 Å². The Hall–Kier alpha value is -3.22. The maximum atomic E-state index is 12.7. The lowest BCUT2D eigenvalue weighted by Gasteiger charge is -2.27. The standard InChI is InChI=1S/C19H22N6O/c1-14(2)25(17-7-5-4-6-8-17)19(26)12-20-16-9-10-18(15(3)11-16)24-13-21-22-23-24/h4-11,13-14,20H,12H2,1-3H3. The Morgan fingerprint density at radius 1 is 1.19 bits per heavy atom. The Morgan fingerprint density at radius 3 is 2.58 bits per heavy atom. The summed E-state index contributed by atoms with van der Waals surface area (Å²) < 4.78 is 1.61. The molecule has 0 aliphatic rings. The summed E-state index contributed by atoms with van der Waals surface area (Å²) in [4.78, 5) is 14.5. The molecule has 0 atom stereocenters. The van der Waals surface area contributed by atoms with Gasteiger partial charge in [0.25, 0.3) is 0 Å². The van der Waals surface area contributed by atoms with Crippen molar-refractivity contribution in [1.29, 1.82) is 0 Å². The summed E-state index contributed by atoms with van der Waals surface area (Å²) in [5.41, 5.74) is 3.70. The first-order chi connectivity index (χ1) is 12.6. The molecule has 0 fully saturated rings. The molecule has 134 valence electrons. The second-order valence-corrected chi connectivity index (χ2v) is 6.30. The molecule has 0 aliphatic heterocycles. The molecule has 0 spiro atoms. The van der Waals surface area contributed by atoms with Crippen LogP contribution in [0.4, 0.5) is 11.4 Å². The number of hydrogen-bond acceptors (Lipinski definition) is 5. The maximum Gasteiger partial charge on any atom is 0.246 e. The molecule has 0 saturated heterocycles. The van der Waals surface area contributed by atoms with E-state index >= 15 is 0 Å². The van der Waals surface area contributed by atoms with E-state index in [0.29, 0.717) is 0 Å². The first kappa shape index (κ1) is 17.6. The molecule has 1 heterocycles. The van der Waals surface area contributed by atoms with Crippen LogP contribution in [0.1, 0.15) is 19.4 Å². The molecular formula is C19H22N6O. The predicted octanol–water partition coefficient (Wildman–Crippen LogP) is 2.82. The van der Waals surface area contributed by atoms with Crippen LogP contribution >= 0.6 is 0 Å². The minimum absolute atomic E-state index is 0.0217. The molecular weight excluding hydrogens is 328 g/mol. The first-order valence-electron chi connectivity index (χ1n) is 8.51. The van der Waals surface area contributed by atoms with Crippen molar-refractivity contribution in [2.45, 2.75) is 26.8 Å². The summed E-state index contributed by atoms with van der Waals surface area (Å²) in [5, 5.41) is 14.4. The molecule has 0 saturated carbocycles. The molecule has 3 rings (SSSR count). The Kier molecular flexibility index (Phi) is 5.26. The van der Waals surface area contributed by atoms with Crippen LogP contribution in [-0.2, 0) is 4.79 Å². The minimum Gasteiger partial charge on any atom is -0.376 e. The quantitative estimate of drug-likeness (QED) is 0.740. The zero-order valence-corrected chi connectivity index (χ0v) is 15.1. The van der Waals surface area contributed by atoms with Crippen molar-refractivity contribution in [2.75, 3.05) is 16.8 Å². The summed E-state index contributed by atoms with van der Waals surface area (Å²) in [6, 6.07) is 15.6. The van der Waals surface area contributed by atoms with Gasteiger partial charge in [-0.1, -0.05) is 18.2 Å². The van der Waals surface area contributed by atoms with Crippen LogP contribution in [0.15, 0.2) is 54.9 Å². The largest absolute Gasteiger partial charge is 0.376 e. The highest BCUT2D eigenvalue weighted by molar-refractivity contribution is 5.96. The molecule has 7 nitrogen and oxygen atoms in total. The van der Waals surface area contributed by atoms with Crippen molar-refractivity contribution in [3.63, 3.8) is 0 Å². The average Bonchev–Trinajstić information content (AvgIpc) is 3.15. The van der Waals surface area contributed by atoms with Gasteiger partial charge in [0.1, 0.15) is 6.33 Å². The van der Waals surface area contributed by atoms with E-state index in [1.807, 2.05) is 69.3 Å². The lowest BCUT2D eigenvalue weighted by atomic mass is 10.1. The topological polar surface area (TPSA) is 75.9 Å². The van der Waals surface area contributed by atoms with Gasteiger partial charge in [0, 0.05) is 17.4 Å². The molecule has 26 heavy (non-hydrogen) atoms. The number of para-hydroxylation sites is 1. The third-order valence-corrected chi connectivity index (χ3v) is 4.06. The normalized spacial score (nSPS) is 10.8. The zero-order chi connectivity index (χ0) is 18.5. The van der Waals surface area contributed by atoms with Gasteiger partial charge in [-0.25, -0.2) is 4.68 Å². The van der Waals surface area contributed by atoms with E-state index in [0.717, 1.165) is 22.6 Å². The Morgan fingerprint density at radius 2 is 1.96 bits per heavy atom. The van der Waals surface area contributed by atoms with Crippen LogP contribution in [0, 0.1) is 6.92 Å². The molecule has 0 aliphatic carbocycles. The summed E-state index contributed by atoms with van der Waals surface area (Å²) in [7, 11) is 0. The lowest BCUT2D eigenvalue weighted by Crippen LogP contribution is -2.40. The number of aryl methyl sites for hydroxylation is 1. The van der Waals surface area contributed by atoms with Crippen molar-refractivity contribution < 1.29 is 4.79 Å². The molecule has 1 amide bonds. The molecule has 1 N–H and O–H groups in total. The number of nitrogens with zero attached hydrogens (tertiary/aromatic N) is 5. The van der Waals surface area contributed by atoms with Gasteiger partial charge in [-0.3, -0.25) is 4.79 Å². The van der Waals surface area contributed by atoms with E-state index in [1.165, 1.54) is 0 Å². The SMILES string of the molecule is Cc1cc(NCC(=O)N(c2ccccc2)C(C)C)ccc1-n1cnnn1. The highest BCUT2D eigenvalue weighted by Crippen LogP contribution is 2.19. The highest BCUT2D eigenvalue weighted by Gasteiger charge is 2.18. The number of benzene rings is 2. The van der Waals surface area contributed by atoms with Crippen LogP contribution in [-0.4, -0.2) is 38.7 Å². The molecule has 0 unspecified atom stereocenters.